The summed E-state index contributed by atoms with van der Waals surface area (Å²) in [6.07, 6.45) is 0. The summed E-state index contributed by atoms with van der Waals surface area (Å²) in [5.74, 6) is -0.394. The summed E-state index contributed by atoms with van der Waals surface area (Å²) in [5, 5.41) is 0. The maximum absolute atomic E-state index is 13.5. The van der Waals surface area contributed by atoms with Crippen molar-refractivity contribution in [3.63, 3.8) is 0 Å². The first-order valence-electron chi connectivity index (χ1n) is 8.32. The monoisotopic (exact) mass is 362 g/mol. The van der Waals surface area contributed by atoms with E-state index in [9.17, 15) is 12.8 Å². The van der Waals surface area contributed by atoms with E-state index in [1.165, 1.54) is 28.1 Å². The van der Waals surface area contributed by atoms with Crippen LogP contribution in [0.3, 0.4) is 0 Å². The van der Waals surface area contributed by atoms with Gasteiger partial charge in [0.1, 0.15) is 5.82 Å². The zero-order valence-corrected chi connectivity index (χ0v) is 15.6. The average molecular weight is 362 g/mol. The lowest BCUT2D eigenvalue weighted by Gasteiger charge is -2.39. The van der Waals surface area contributed by atoms with E-state index < -0.39 is 15.8 Å². The van der Waals surface area contributed by atoms with Crippen LogP contribution in [0.15, 0.2) is 47.4 Å². The molecule has 1 fully saturated rings. The molecule has 0 radical (unpaired) electrons. The van der Waals surface area contributed by atoms with Crippen LogP contribution in [0.4, 0.5) is 4.39 Å². The Kier molecular flexibility index (Phi) is 4.95. The molecular formula is C19H23FN2O2S. The second kappa shape index (κ2) is 6.86. The molecule has 4 nitrogen and oxygen atoms in total. The van der Waals surface area contributed by atoms with Crippen LogP contribution in [0.25, 0.3) is 0 Å². The van der Waals surface area contributed by atoms with E-state index in [1.807, 2.05) is 26.1 Å². The molecule has 0 unspecified atom stereocenters. The number of aryl methyl sites for hydroxylation is 2. The van der Waals surface area contributed by atoms with E-state index in [4.69, 9.17) is 0 Å². The normalized spacial score (nSPS) is 19.9. The standard InChI is InChI=1S/C19H23FN2O2S/c1-14-4-6-16(7-5-14)19-13-22(11-10-21(19)3)25(23,24)17-8-9-18(20)15(2)12-17/h4-9,12,19H,10-11,13H2,1-3H3/t19-/m1/s1. The van der Waals surface area contributed by atoms with Gasteiger partial charge >= 0.3 is 0 Å². The fourth-order valence-electron chi connectivity index (χ4n) is 3.14. The van der Waals surface area contributed by atoms with Gasteiger partial charge in [-0.25, -0.2) is 12.8 Å². The lowest BCUT2D eigenvalue weighted by molar-refractivity contribution is 0.148. The van der Waals surface area contributed by atoms with Gasteiger partial charge in [0.05, 0.1) is 4.90 Å². The molecule has 0 amide bonds. The lowest BCUT2D eigenvalue weighted by Crippen LogP contribution is -2.48. The molecule has 3 rings (SSSR count). The predicted molar refractivity (Wildman–Crippen MR) is 96.4 cm³/mol. The molecular weight excluding hydrogens is 339 g/mol. The van der Waals surface area contributed by atoms with Gasteiger partial charge in [-0.3, -0.25) is 4.90 Å². The second-order valence-electron chi connectivity index (χ2n) is 6.68. The number of rotatable bonds is 3. The zero-order valence-electron chi connectivity index (χ0n) is 14.7. The summed E-state index contributed by atoms with van der Waals surface area (Å²) in [6.45, 7) is 5.07. The van der Waals surface area contributed by atoms with Gasteiger partial charge in [-0.05, 0) is 50.2 Å². The summed E-state index contributed by atoms with van der Waals surface area (Å²) in [6, 6.07) is 12.2. The number of halogens is 1. The molecule has 134 valence electrons. The van der Waals surface area contributed by atoms with Crippen molar-refractivity contribution in [3.05, 3.63) is 65.0 Å². The molecule has 0 N–H and O–H groups in total. The first-order valence-corrected chi connectivity index (χ1v) is 9.76. The molecule has 0 aliphatic carbocycles. The number of nitrogens with zero attached hydrogens (tertiary/aromatic N) is 2. The average Bonchev–Trinajstić information content (AvgIpc) is 2.58. The van der Waals surface area contributed by atoms with Crippen LogP contribution < -0.4 is 0 Å². The van der Waals surface area contributed by atoms with E-state index >= 15 is 0 Å². The third-order valence-corrected chi connectivity index (χ3v) is 6.70. The van der Waals surface area contributed by atoms with Gasteiger partial charge < -0.3 is 0 Å². The van der Waals surface area contributed by atoms with Crippen LogP contribution in [0.5, 0.6) is 0 Å². The Morgan fingerprint density at radius 3 is 2.36 bits per heavy atom. The largest absolute Gasteiger partial charge is 0.297 e. The molecule has 0 saturated carbocycles. The molecule has 0 aromatic heterocycles. The lowest BCUT2D eigenvalue weighted by atomic mass is 10.0. The van der Waals surface area contributed by atoms with Gasteiger partial charge in [0.25, 0.3) is 0 Å². The van der Waals surface area contributed by atoms with E-state index in [2.05, 4.69) is 17.0 Å². The van der Waals surface area contributed by atoms with Crippen molar-refractivity contribution in [2.45, 2.75) is 24.8 Å². The minimum Gasteiger partial charge on any atom is -0.297 e. The molecule has 1 heterocycles. The van der Waals surface area contributed by atoms with E-state index in [0.717, 1.165) is 5.56 Å². The molecule has 2 aromatic rings. The Morgan fingerprint density at radius 1 is 1.04 bits per heavy atom. The van der Waals surface area contributed by atoms with Crippen molar-refractivity contribution in [3.8, 4) is 0 Å². The number of piperazine rings is 1. The van der Waals surface area contributed by atoms with Gasteiger partial charge in [0.15, 0.2) is 0 Å². The van der Waals surface area contributed by atoms with Gasteiger partial charge in [0, 0.05) is 25.7 Å². The highest BCUT2D eigenvalue weighted by molar-refractivity contribution is 7.89. The fraction of sp³-hybridized carbons (Fsp3) is 0.368. The van der Waals surface area contributed by atoms with Crippen LogP contribution in [-0.4, -0.2) is 44.3 Å². The van der Waals surface area contributed by atoms with Crippen molar-refractivity contribution in [1.82, 2.24) is 9.21 Å². The molecule has 1 atom stereocenters. The molecule has 0 bridgehead atoms. The van der Waals surface area contributed by atoms with Crippen LogP contribution in [-0.2, 0) is 10.0 Å². The number of hydrogen-bond donors (Lipinski definition) is 0. The highest BCUT2D eigenvalue weighted by Crippen LogP contribution is 2.28. The van der Waals surface area contributed by atoms with Crippen LogP contribution in [0.2, 0.25) is 0 Å². The fourth-order valence-corrected chi connectivity index (χ4v) is 4.67. The van der Waals surface area contributed by atoms with Crippen LogP contribution in [0.1, 0.15) is 22.7 Å². The van der Waals surface area contributed by atoms with Gasteiger partial charge in [-0.15, -0.1) is 0 Å². The first kappa shape index (κ1) is 18.0. The van der Waals surface area contributed by atoms with Crippen molar-refractivity contribution in [2.24, 2.45) is 0 Å². The third-order valence-electron chi connectivity index (χ3n) is 4.84. The molecule has 1 saturated heterocycles. The highest BCUT2D eigenvalue weighted by atomic mass is 32.2. The SMILES string of the molecule is Cc1ccc([C@H]2CN(S(=O)(=O)c3ccc(F)c(C)c3)CCN2C)cc1. The molecule has 1 aliphatic heterocycles. The number of benzene rings is 2. The summed E-state index contributed by atoms with van der Waals surface area (Å²) in [5.41, 5.74) is 2.61. The Balaban J connectivity index is 1.89. The predicted octanol–water partition coefficient (Wildman–Crippen LogP) is 3.12. The van der Waals surface area contributed by atoms with E-state index in [0.29, 0.717) is 25.2 Å². The van der Waals surface area contributed by atoms with Crippen molar-refractivity contribution in [2.75, 3.05) is 26.7 Å². The Hall–Kier alpha value is -1.76. The summed E-state index contributed by atoms with van der Waals surface area (Å²) in [7, 11) is -1.62. The maximum atomic E-state index is 13.5. The van der Waals surface area contributed by atoms with Crippen LogP contribution in [0, 0.1) is 19.7 Å². The quantitative estimate of drug-likeness (QED) is 0.842. The summed E-state index contributed by atoms with van der Waals surface area (Å²) >= 11 is 0. The zero-order chi connectivity index (χ0) is 18.2. The number of hydrogen-bond acceptors (Lipinski definition) is 3. The topological polar surface area (TPSA) is 40.6 Å². The minimum atomic E-state index is -3.63. The van der Waals surface area contributed by atoms with E-state index in [-0.39, 0.29) is 10.9 Å². The second-order valence-corrected chi connectivity index (χ2v) is 8.62. The third kappa shape index (κ3) is 3.61. The van der Waals surface area contributed by atoms with Crippen molar-refractivity contribution in [1.29, 1.82) is 0 Å². The highest BCUT2D eigenvalue weighted by Gasteiger charge is 2.33. The minimum absolute atomic E-state index is 0.00525. The summed E-state index contributed by atoms with van der Waals surface area (Å²) < 4.78 is 40.9. The van der Waals surface area contributed by atoms with Gasteiger partial charge in [-0.1, -0.05) is 29.8 Å². The van der Waals surface area contributed by atoms with Crippen molar-refractivity contribution >= 4 is 10.0 Å². The molecule has 1 aliphatic rings. The molecule has 25 heavy (non-hydrogen) atoms. The molecule has 2 aromatic carbocycles. The first-order chi connectivity index (χ1) is 11.8. The number of likely N-dealkylation sites (N-methyl/N-ethyl adjacent to an activating group) is 1. The van der Waals surface area contributed by atoms with Crippen LogP contribution >= 0.6 is 0 Å². The van der Waals surface area contributed by atoms with Gasteiger partial charge in [-0.2, -0.15) is 4.31 Å². The van der Waals surface area contributed by atoms with Crippen molar-refractivity contribution < 1.29 is 12.8 Å². The Morgan fingerprint density at radius 2 is 1.72 bits per heavy atom. The summed E-state index contributed by atoms with van der Waals surface area (Å²) in [4.78, 5) is 2.32. The maximum Gasteiger partial charge on any atom is 0.243 e. The Labute approximate surface area is 148 Å². The Bertz CT molecular complexity index is 865. The smallest absolute Gasteiger partial charge is 0.243 e. The van der Waals surface area contributed by atoms with Gasteiger partial charge in [0.2, 0.25) is 10.0 Å². The molecule has 6 heteroatoms. The van der Waals surface area contributed by atoms with E-state index in [1.54, 1.807) is 6.92 Å². The number of sulfonamides is 1. The molecule has 0 spiro atoms.